The van der Waals surface area contributed by atoms with Gasteiger partial charge in [0.15, 0.2) is 0 Å². The van der Waals surface area contributed by atoms with Crippen LogP contribution in [0.4, 0.5) is 0 Å². The normalized spacial score (nSPS) is 15.1. The molecule has 0 bridgehead atoms. The van der Waals surface area contributed by atoms with Gasteiger partial charge in [0.25, 0.3) is 0 Å². The molecule has 1 saturated carbocycles. The Morgan fingerprint density at radius 1 is 1.10 bits per heavy atom. The minimum Gasteiger partial charge on any atom is -0.352 e. The molecule has 1 aliphatic rings. The lowest BCUT2D eigenvalue weighted by Gasteiger charge is -2.30. The summed E-state index contributed by atoms with van der Waals surface area (Å²) in [6.07, 6.45) is 4.50. The van der Waals surface area contributed by atoms with Crippen LogP contribution in [0.25, 0.3) is 0 Å². The first-order valence-electron chi connectivity index (χ1n) is 10.0. The lowest BCUT2D eigenvalue weighted by molar-refractivity contribution is -0.140. The second-order valence-corrected chi connectivity index (χ2v) is 8.43. The molecule has 29 heavy (non-hydrogen) atoms. The molecule has 3 rings (SSSR count). The van der Waals surface area contributed by atoms with Crippen LogP contribution in [0.15, 0.2) is 48.5 Å². The van der Waals surface area contributed by atoms with Crippen LogP contribution in [0.3, 0.4) is 0 Å². The van der Waals surface area contributed by atoms with Gasteiger partial charge in [-0.1, -0.05) is 72.4 Å². The number of benzene rings is 2. The summed E-state index contributed by atoms with van der Waals surface area (Å²) in [5.74, 6) is -0.236. The van der Waals surface area contributed by atoms with Gasteiger partial charge in [-0.3, -0.25) is 9.59 Å². The molecule has 2 amide bonds. The Labute approximate surface area is 182 Å². The predicted molar refractivity (Wildman–Crippen MR) is 117 cm³/mol. The summed E-state index contributed by atoms with van der Waals surface area (Å²) in [5, 5.41) is 4.12. The van der Waals surface area contributed by atoms with Crippen molar-refractivity contribution in [3.05, 3.63) is 69.7 Å². The molecule has 0 saturated heterocycles. The molecule has 0 spiro atoms. The molecule has 0 aromatic heterocycles. The van der Waals surface area contributed by atoms with E-state index in [1.807, 2.05) is 30.3 Å². The van der Waals surface area contributed by atoms with Crippen molar-refractivity contribution >= 4 is 35.0 Å². The van der Waals surface area contributed by atoms with E-state index >= 15 is 0 Å². The van der Waals surface area contributed by atoms with E-state index < -0.39 is 6.04 Å². The van der Waals surface area contributed by atoms with E-state index in [4.69, 9.17) is 23.2 Å². The van der Waals surface area contributed by atoms with Crippen molar-refractivity contribution in [1.29, 1.82) is 0 Å². The fourth-order valence-corrected chi connectivity index (χ4v) is 4.15. The van der Waals surface area contributed by atoms with Crippen LogP contribution in [-0.4, -0.2) is 28.8 Å². The predicted octanol–water partition coefficient (Wildman–Crippen LogP) is 5.01. The molecule has 1 atom stereocenters. The number of rotatable bonds is 7. The van der Waals surface area contributed by atoms with E-state index in [0.717, 1.165) is 36.8 Å². The van der Waals surface area contributed by atoms with E-state index in [0.29, 0.717) is 10.0 Å². The van der Waals surface area contributed by atoms with E-state index in [2.05, 4.69) is 5.32 Å². The minimum absolute atomic E-state index is 0.115. The zero-order valence-electron chi connectivity index (χ0n) is 16.5. The van der Waals surface area contributed by atoms with Gasteiger partial charge < -0.3 is 10.2 Å². The van der Waals surface area contributed by atoms with Crippen molar-refractivity contribution < 1.29 is 9.59 Å². The number of nitrogens with zero attached hydrogens (tertiary/aromatic N) is 1. The van der Waals surface area contributed by atoms with Gasteiger partial charge in [-0.15, -0.1) is 0 Å². The van der Waals surface area contributed by atoms with Gasteiger partial charge in [0.2, 0.25) is 11.8 Å². The molecule has 4 nitrogen and oxygen atoms in total. The SMILES string of the molecule is C[C@@H](C(=O)NC1CCCC1)N(Cc1ccc(Cl)cc1Cl)C(=O)Cc1ccccc1. The topological polar surface area (TPSA) is 49.4 Å². The lowest BCUT2D eigenvalue weighted by atomic mass is 10.1. The highest BCUT2D eigenvalue weighted by Crippen LogP contribution is 2.24. The van der Waals surface area contributed by atoms with Crippen molar-refractivity contribution in [1.82, 2.24) is 10.2 Å². The van der Waals surface area contributed by atoms with E-state index in [-0.39, 0.29) is 30.8 Å². The first kappa shape index (κ1) is 21.7. The summed E-state index contributed by atoms with van der Waals surface area (Å²) in [6.45, 7) is 2.03. The molecule has 1 fully saturated rings. The van der Waals surface area contributed by atoms with Crippen LogP contribution >= 0.6 is 23.2 Å². The highest BCUT2D eigenvalue weighted by atomic mass is 35.5. The standard InChI is InChI=1S/C23H26Cl2N2O2/c1-16(23(29)26-20-9-5-6-10-20)27(15-18-11-12-19(24)14-21(18)25)22(28)13-17-7-3-2-4-8-17/h2-4,7-8,11-12,14,16,20H,5-6,9-10,13,15H2,1H3,(H,26,29)/t16-/m0/s1. The zero-order chi connectivity index (χ0) is 20.8. The average Bonchev–Trinajstić information content (AvgIpc) is 3.20. The molecule has 1 aliphatic carbocycles. The third-order valence-corrected chi connectivity index (χ3v) is 6.01. The molecule has 0 heterocycles. The van der Waals surface area contributed by atoms with Crippen LogP contribution in [0.2, 0.25) is 10.0 Å². The van der Waals surface area contributed by atoms with E-state index in [1.165, 1.54) is 0 Å². The lowest BCUT2D eigenvalue weighted by Crippen LogP contribution is -2.50. The first-order valence-corrected chi connectivity index (χ1v) is 10.8. The highest BCUT2D eigenvalue weighted by molar-refractivity contribution is 6.35. The Kier molecular flexibility index (Phi) is 7.57. The van der Waals surface area contributed by atoms with Crippen molar-refractivity contribution in [2.24, 2.45) is 0 Å². The molecular weight excluding hydrogens is 407 g/mol. The average molecular weight is 433 g/mol. The van der Waals surface area contributed by atoms with E-state index in [9.17, 15) is 9.59 Å². The molecule has 2 aromatic carbocycles. The monoisotopic (exact) mass is 432 g/mol. The maximum atomic E-state index is 13.2. The summed E-state index contributed by atoms with van der Waals surface area (Å²) < 4.78 is 0. The van der Waals surface area contributed by atoms with Crippen LogP contribution in [-0.2, 0) is 22.6 Å². The summed E-state index contributed by atoms with van der Waals surface area (Å²) in [6, 6.07) is 14.3. The number of hydrogen-bond acceptors (Lipinski definition) is 2. The quantitative estimate of drug-likeness (QED) is 0.667. The largest absolute Gasteiger partial charge is 0.352 e. The molecule has 0 unspecified atom stereocenters. The Morgan fingerprint density at radius 3 is 2.45 bits per heavy atom. The van der Waals surface area contributed by atoms with Gasteiger partial charge >= 0.3 is 0 Å². The molecular formula is C23H26Cl2N2O2. The number of carbonyl (C=O) groups excluding carboxylic acids is 2. The number of amides is 2. The van der Waals surface area contributed by atoms with Gasteiger partial charge in [-0.2, -0.15) is 0 Å². The molecule has 1 N–H and O–H groups in total. The highest BCUT2D eigenvalue weighted by Gasteiger charge is 2.28. The molecule has 6 heteroatoms. The third-order valence-electron chi connectivity index (χ3n) is 5.42. The van der Waals surface area contributed by atoms with Gasteiger partial charge in [0.1, 0.15) is 6.04 Å². The Bertz CT molecular complexity index is 851. The maximum absolute atomic E-state index is 13.2. The van der Waals surface area contributed by atoms with Crippen LogP contribution in [0.5, 0.6) is 0 Å². The minimum atomic E-state index is -0.599. The Balaban J connectivity index is 1.79. The fraction of sp³-hybridized carbons (Fsp3) is 0.391. The third kappa shape index (κ3) is 5.97. The van der Waals surface area contributed by atoms with Crippen LogP contribution in [0, 0.1) is 0 Å². The second kappa shape index (κ2) is 10.1. The van der Waals surface area contributed by atoms with Gasteiger partial charge in [-0.25, -0.2) is 0 Å². The molecule has 0 aliphatic heterocycles. The summed E-state index contributed by atoms with van der Waals surface area (Å²) in [7, 11) is 0. The summed E-state index contributed by atoms with van der Waals surface area (Å²) >= 11 is 12.3. The summed E-state index contributed by atoms with van der Waals surface area (Å²) in [5.41, 5.74) is 1.67. The summed E-state index contributed by atoms with van der Waals surface area (Å²) in [4.78, 5) is 27.6. The molecule has 154 valence electrons. The van der Waals surface area contributed by atoms with E-state index in [1.54, 1.807) is 30.0 Å². The van der Waals surface area contributed by atoms with Gasteiger partial charge in [0.05, 0.1) is 6.42 Å². The van der Waals surface area contributed by atoms with Crippen LogP contribution < -0.4 is 5.32 Å². The number of nitrogens with one attached hydrogen (secondary N) is 1. The van der Waals surface area contributed by atoms with Crippen molar-refractivity contribution in [3.8, 4) is 0 Å². The van der Waals surface area contributed by atoms with Crippen molar-refractivity contribution in [2.75, 3.05) is 0 Å². The molecule has 0 radical (unpaired) electrons. The number of carbonyl (C=O) groups is 2. The second-order valence-electron chi connectivity index (χ2n) is 7.59. The number of halogens is 2. The Morgan fingerprint density at radius 2 is 1.79 bits per heavy atom. The van der Waals surface area contributed by atoms with Crippen LogP contribution in [0.1, 0.15) is 43.7 Å². The Hall–Kier alpha value is -2.04. The number of hydrogen-bond donors (Lipinski definition) is 1. The first-order chi connectivity index (χ1) is 13.9. The molecule has 2 aromatic rings. The fourth-order valence-electron chi connectivity index (χ4n) is 3.68. The maximum Gasteiger partial charge on any atom is 0.242 e. The van der Waals surface area contributed by atoms with Gasteiger partial charge in [-0.05, 0) is 43.0 Å². The van der Waals surface area contributed by atoms with Crippen molar-refractivity contribution in [2.45, 2.75) is 57.7 Å². The van der Waals surface area contributed by atoms with Gasteiger partial charge in [0, 0.05) is 22.6 Å². The smallest absolute Gasteiger partial charge is 0.242 e. The zero-order valence-corrected chi connectivity index (χ0v) is 18.0. The van der Waals surface area contributed by atoms with Crippen molar-refractivity contribution in [3.63, 3.8) is 0 Å².